The molecule has 1 N–H and O–H groups in total. The van der Waals surface area contributed by atoms with Crippen LogP contribution < -0.4 is 14.8 Å². The minimum absolute atomic E-state index is 0.0910. The number of ether oxygens (including phenoxy) is 2. The van der Waals surface area contributed by atoms with Gasteiger partial charge in [-0.2, -0.15) is 0 Å². The van der Waals surface area contributed by atoms with Crippen LogP contribution in [0.2, 0.25) is 0 Å². The second kappa shape index (κ2) is 7.97. The van der Waals surface area contributed by atoms with E-state index in [2.05, 4.69) is 15.3 Å². The van der Waals surface area contributed by atoms with Gasteiger partial charge >= 0.3 is 0 Å². The number of nitrogens with zero attached hydrogens (tertiary/aromatic N) is 2. The predicted octanol–water partition coefficient (Wildman–Crippen LogP) is 2.46. The Morgan fingerprint density at radius 3 is 2.55 bits per heavy atom. The van der Waals surface area contributed by atoms with Crippen LogP contribution in [0.5, 0.6) is 11.5 Å². The molecule has 1 heterocycles. The molecule has 6 nitrogen and oxygen atoms in total. The molecule has 1 amide bonds. The summed E-state index contributed by atoms with van der Waals surface area (Å²) in [5, 5.41) is 2.66. The number of carbonyl (C=O) groups excluding carboxylic acids is 1. The number of hydrogen-bond acceptors (Lipinski definition) is 5. The first-order valence-electron chi connectivity index (χ1n) is 7.00. The fourth-order valence-electron chi connectivity index (χ4n) is 2.04. The van der Waals surface area contributed by atoms with Crippen LogP contribution in [0.1, 0.15) is 18.4 Å². The highest BCUT2D eigenvalue weighted by atomic mass is 16.5. The molecule has 0 radical (unpaired) electrons. The summed E-state index contributed by atoms with van der Waals surface area (Å²) in [6, 6.07) is 7.47. The average molecular weight is 301 g/mol. The third-order valence-electron chi connectivity index (χ3n) is 3.13. The molecule has 0 aliphatic rings. The molecule has 22 heavy (non-hydrogen) atoms. The molecule has 0 saturated carbocycles. The Hall–Kier alpha value is -2.63. The molecule has 0 bridgehead atoms. The standard InChI is InChI=1S/C16H19N3O3/c1-21-13-8-7-12(11-14(13)22-2)5-3-6-15(20)19-16-17-9-4-10-18-16/h4,7-11H,3,5-6H2,1-2H3,(H,17,18,19,20). The molecule has 1 aromatic heterocycles. The number of aryl methyl sites for hydroxylation is 1. The molecule has 6 heteroatoms. The summed E-state index contributed by atoms with van der Waals surface area (Å²) >= 11 is 0. The summed E-state index contributed by atoms with van der Waals surface area (Å²) in [5.41, 5.74) is 1.10. The molecule has 0 fully saturated rings. The molecule has 0 unspecified atom stereocenters. The van der Waals surface area contributed by atoms with Crippen LogP contribution in [0.4, 0.5) is 5.95 Å². The topological polar surface area (TPSA) is 73.3 Å². The number of amides is 1. The molecule has 0 aliphatic carbocycles. The second-order valence-electron chi connectivity index (χ2n) is 4.66. The molecular formula is C16H19N3O3. The van der Waals surface area contributed by atoms with Crippen molar-refractivity contribution in [3.8, 4) is 11.5 Å². The van der Waals surface area contributed by atoms with E-state index < -0.39 is 0 Å². The lowest BCUT2D eigenvalue weighted by Gasteiger charge is -2.09. The molecular weight excluding hydrogens is 282 g/mol. The molecule has 2 rings (SSSR count). The van der Waals surface area contributed by atoms with Gasteiger partial charge in [-0.05, 0) is 36.6 Å². The van der Waals surface area contributed by atoms with Gasteiger partial charge in [-0.15, -0.1) is 0 Å². The average Bonchev–Trinajstić information content (AvgIpc) is 2.55. The Labute approximate surface area is 129 Å². The van der Waals surface area contributed by atoms with E-state index in [0.717, 1.165) is 18.4 Å². The number of benzene rings is 1. The van der Waals surface area contributed by atoms with E-state index in [4.69, 9.17) is 9.47 Å². The van der Waals surface area contributed by atoms with Crippen molar-refractivity contribution in [2.45, 2.75) is 19.3 Å². The van der Waals surface area contributed by atoms with Gasteiger partial charge in [0.25, 0.3) is 0 Å². The normalized spacial score (nSPS) is 10.1. The highest BCUT2D eigenvalue weighted by Gasteiger charge is 2.07. The van der Waals surface area contributed by atoms with E-state index in [-0.39, 0.29) is 5.91 Å². The first kappa shape index (κ1) is 15.8. The number of hydrogen-bond donors (Lipinski definition) is 1. The first-order chi connectivity index (χ1) is 10.7. The van der Waals surface area contributed by atoms with E-state index in [1.54, 1.807) is 32.7 Å². The van der Waals surface area contributed by atoms with Gasteiger partial charge in [-0.25, -0.2) is 9.97 Å². The largest absolute Gasteiger partial charge is 0.493 e. The number of aromatic nitrogens is 2. The summed E-state index contributed by atoms with van der Waals surface area (Å²) in [4.78, 5) is 19.7. The van der Waals surface area contributed by atoms with Crippen LogP contribution in [0.3, 0.4) is 0 Å². The lowest BCUT2D eigenvalue weighted by Crippen LogP contribution is -2.13. The summed E-state index contributed by atoms with van der Waals surface area (Å²) in [5.74, 6) is 1.64. The molecule has 0 spiro atoms. The first-order valence-corrected chi connectivity index (χ1v) is 7.00. The fraction of sp³-hybridized carbons (Fsp3) is 0.312. The van der Waals surface area contributed by atoms with Crippen molar-refractivity contribution in [2.24, 2.45) is 0 Å². The number of rotatable bonds is 7. The highest BCUT2D eigenvalue weighted by molar-refractivity contribution is 5.88. The molecule has 0 saturated heterocycles. The van der Waals surface area contributed by atoms with E-state index in [1.807, 2.05) is 18.2 Å². The quantitative estimate of drug-likeness (QED) is 0.850. The zero-order chi connectivity index (χ0) is 15.8. The Morgan fingerprint density at radius 2 is 1.86 bits per heavy atom. The van der Waals surface area contributed by atoms with Crippen LogP contribution in [0, 0.1) is 0 Å². The Kier molecular flexibility index (Phi) is 5.71. The molecule has 1 aromatic carbocycles. The van der Waals surface area contributed by atoms with Gasteiger partial charge in [0.05, 0.1) is 14.2 Å². The SMILES string of the molecule is COc1ccc(CCCC(=O)Nc2ncccn2)cc1OC. The summed E-state index contributed by atoms with van der Waals surface area (Å²) < 4.78 is 10.5. The lowest BCUT2D eigenvalue weighted by molar-refractivity contribution is -0.116. The van der Waals surface area contributed by atoms with Crippen LogP contribution in [0.15, 0.2) is 36.7 Å². The van der Waals surface area contributed by atoms with Crippen molar-refractivity contribution in [1.29, 1.82) is 0 Å². The third-order valence-corrected chi connectivity index (χ3v) is 3.13. The summed E-state index contributed by atoms with van der Waals surface area (Å²) in [6.07, 6.45) is 5.10. The van der Waals surface area contributed by atoms with Crippen molar-refractivity contribution >= 4 is 11.9 Å². The molecule has 116 valence electrons. The van der Waals surface area contributed by atoms with Gasteiger partial charge in [0.15, 0.2) is 11.5 Å². The summed E-state index contributed by atoms with van der Waals surface area (Å²) in [7, 11) is 3.21. The maximum Gasteiger partial charge on any atom is 0.229 e. The van der Waals surface area contributed by atoms with Crippen LogP contribution in [-0.4, -0.2) is 30.1 Å². The Bertz CT molecular complexity index is 617. The molecule has 0 aliphatic heterocycles. The zero-order valence-corrected chi connectivity index (χ0v) is 12.7. The van der Waals surface area contributed by atoms with Crippen LogP contribution in [0.25, 0.3) is 0 Å². The lowest BCUT2D eigenvalue weighted by atomic mass is 10.1. The summed E-state index contributed by atoms with van der Waals surface area (Å²) in [6.45, 7) is 0. The Morgan fingerprint density at radius 1 is 1.14 bits per heavy atom. The van der Waals surface area contributed by atoms with Crippen molar-refractivity contribution in [2.75, 3.05) is 19.5 Å². The maximum atomic E-state index is 11.8. The van der Waals surface area contributed by atoms with E-state index in [9.17, 15) is 4.79 Å². The molecule has 2 aromatic rings. The zero-order valence-electron chi connectivity index (χ0n) is 12.7. The number of nitrogens with one attached hydrogen (secondary N) is 1. The number of carbonyl (C=O) groups is 1. The minimum Gasteiger partial charge on any atom is -0.493 e. The highest BCUT2D eigenvalue weighted by Crippen LogP contribution is 2.28. The van der Waals surface area contributed by atoms with E-state index >= 15 is 0 Å². The Balaban J connectivity index is 1.82. The van der Waals surface area contributed by atoms with Gasteiger partial charge in [0, 0.05) is 18.8 Å². The third kappa shape index (κ3) is 4.44. The van der Waals surface area contributed by atoms with Gasteiger partial charge in [-0.1, -0.05) is 6.07 Å². The van der Waals surface area contributed by atoms with Crippen molar-refractivity contribution in [1.82, 2.24) is 9.97 Å². The van der Waals surface area contributed by atoms with Crippen LogP contribution >= 0.6 is 0 Å². The maximum absolute atomic E-state index is 11.8. The fourth-order valence-corrected chi connectivity index (χ4v) is 2.04. The number of methoxy groups -OCH3 is 2. The van der Waals surface area contributed by atoms with Crippen molar-refractivity contribution < 1.29 is 14.3 Å². The van der Waals surface area contributed by atoms with Crippen molar-refractivity contribution in [3.63, 3.8) is 0 Å². The monoisotopic (exact) mass is 301 g/mol. The minimum atomic E-state index is -0.0910. The smallest absolute Gasteiger partial charge is 0.229 e. The van der Waals surface area contributed by atoms with Crippen molar-refractivity contribution in [3.05, 3.63) is 42.2 Å². The molecule has 0 atom stereocenters. The van der Waals surface area contributed by atoms with Gasteiger partial charge in [0.2, 0.25) is 11.9 Å². The second-order valence-corrected chi connectivity index (χ2v) is 4.66. The van der Waals surface area contributed by atoms with Gasteiger partial charge in [0.1, 0.15) is 0 Å². The van der Waals surface area contributed by atoms with Gasteiger partial charge in [-0.3, -0.25) is 10.1 Å². The van der Waals surface area contributed by atoms with E-state index in [0.29, 0.717) is 23.9 Å². The predicted molar refractivity (Wildman–Crippen MR) is 83.1 cm³/mol. The number of anilines is 1. The van der Waals surface area contributed by atoms with Crippen LogP contribution in [-0.2, 0) is 11.2 Å². The van der Waals surface area contributed by atoms with E-state index in [1.165, 1.54) is 0 Å². The van der Waals surface area contributed by atoms with Gasteiger partial charge < -0.3 is 9.47 Å².